The highest BCUT2D eigenvalue weighted by Gasteiger charge is 2.18. The lowest BCUT2D eigenvalue weighted by Gasteiger charge is -2.10. The summed E-state index contributed by atoms with van der Waals surface area (Å²) in [6.45, 7) is 7.00. The lowest BCUT2D eigenvalue weighted by Crippen LogP contribution is -2.03. The number of carbonyl (C=O) groups is 2. The molecule has 0 atom stereocenters. The minimum absolute atomic E-state index is 0.462. The Morgan fingerprint density at radius 3 is 1.45 bits per heavy atom. The quantitative estimate of drug-likeness (QED) is 0.0856. The van der Waals surface area contributed by atoms with Gasteiger partial charge >= 0.3 is 11.9 Å². The molecule has 7 aromatic rings. The van der Waals surface area contributed by atoms with Crippen LogP contribution in [0.15, 0.2) is 135 Å². The van der Waals surface area contributed by atoms with Crippen molar-refractivity contribution in [2.24, 2.45) is 0 Å². The predicted molar refractivity (Wildman–Crippen MR) is 194 cm³/mol. The van der Waals surface area contributed by atoms with E-state index in [1.807, 2.05) is 35.6 Å². The minimum atomic E-state index is -0.462. The molecule has 230 valence electrons. The van der Waals surface area contributed by atoms with Crippen LogP contribution < -0.4 is 9.47 Å². The van der Waals surface area contributed by atoms with E-state index in [1.165, 1.54) is 65.0 Å². The van der Waals surface area contributed by atoms with Gasteiger partial charge in [0, 0.05) is 32.3 Å². The van der Waals surface area contributed by atoms with Crippen LogP contribution in [0, 0.1) is 0 Å². The zero-order valence-electron chi connectivity index (χ0n) is 25.8. The number of ether oxygens (including phenoxy) is 2. The summed E-state index contributed by atoms with van der Waals surface area (Å²) in [4.78, 5) is 23.6. The molecular formula is C42H32O4S. The number of fused-ring (bicyclic) bond motifs is 7. The Balaban J connectivity index is 1.32. The summed E-state index contributed by atoms with van der Waals surface area (Å²) < 4.78 is 13.4. The summed E-state index contributed by atoms with van der Waals surface area (Å²) >= 11 is 1.88. The van der Waals surface area contributed by atoms with Crippen molar-refractivity contribution >= 4 is 65.0 Å². The number of carbonyl (C=O) groups excluding carboxylic acids is 2. The molecule has 1 heterocycles. The molecule has 0 N–H and O–H groups in total. The maximum absolute atomic E-state index is 11.8. The van der Waals surface area contributed by atoms with E-state index in [1.54, 1.807) is 12.1 Å². The van der Waals surface area contributed by atoms with E-state index in [2.05, 4.69) is 86.0 Å². The summed E-state index contributed by atoms with van der Waals surface area (Å²) in [5.41, 5.74) is 4.82. The molecule has 0 saturated carbocycles. The molecule has 0 aliphatic heterocycles. The minimum Gasteiger partial charge on any atom is -0.423 e. The first kappa shape index (κ1) is 30.2. The first-order chi connectivity index (χ1) is 23.0. The standard InChI is InChI=1S/C42H32O4S/c1-3-37(43)45-33-15-9-11-27(23-33)19-21-31-25-29-13-5-7-17-35(29)39-40-36-18-8-6-14-30(36)26-32(42(40)47-41(31)39)22-20-28-12-10-16-34(24-28)46-38(44)4-2/h3-18,23-26H,1-2,19-22H2. The zero-order valence-corrected chi connectivity index (χ0v) is 26.6. The van der Waals surface area contributed by atoms with E-state index in [0.717, 1.165) is 36.8 Å². The molecule has 7 rings (SSSR count). The van der Waals surface area contributed by atoms with Crippen molar-refractivity contribution in [3.63, 3.8) is 0 Å². The highest BCUT2D eigenvalue weighted by Crippen LogP contribution is 2.45. The van der Waals surface area contributed by atoms with Crippen LogP contribution in [-0.4, -0.2) is 11.9 Å². The summed E-state index contributed by atoms with van der Waals surface area (Å²) in [7, 11) is 0. The van der Waals surface area contributed by atoms with E-state index < -0.39 is 11.9 Å². The van der Waals surface area contributed by atoms with Gasteiger partial charge in [-0.15, -0.1) is 11.3 Å². The number of aryl methyl sites for hydroxylation is 4. The van der Waals surface area contributed by atoms with Gasteiger partial charge in [-0.1, -0.05) is 86.0 Å². The van der Waals surface area contributed by atoms with E-state index >= 15 is 0 Å². The van der Waals surface area contributed by atoms with Crippen LogP contribution in [0.3, 0.4) is 0 Å². The Kier molecular flexibility index (Phi) is 8.38. The van der Waals surface area contributed by atoms with E-state index in [9.17, 15) is 9.59 Å². The second-order valence-electron chi connectivity index (χ2n) is 11.6. The Hall–Kier alpha value is -5.52. The molecule has 1 aromatic heterocycles. The van der Waals surface area contributed by atoms with E-state index in [4.69, 9.17) is 9.47 Å². The predicted octanol–water partition coefficient (Wildman–Crippen LogP) is 10.1. The lowest BCUT2D eigenvalue weighted by atomic mass is 9.93. The maximum Gasteiger partial charge on any atom is 0.335 e. The van der Waals surface area contributed by atoms with Gasteiger partial charge in [-0.3, -0.25) is 0 Å². The molecule has 0 spiro atoms. The monoisotopic (exact) mass is 632 g/mol. The van der Waals surface area contributed by atoms with Crippen molar-refractivity contribution in [1.82, 2.24) is 0 Å². The fraction of sp³-hybridized carbons (Fsp3) is 0.0952. The van der Waals surface area contributed by atoms with Crippen molar-refractivity contribution in [2.75, 3.05) is 0 Å². The van der Waals surface area contributed by atoms with Crippen LogP contribution in [0.5, 0.6) is 11.5 Å². The number of thiophene rings is 1. The summed E-state index contributed by atoms with van der Waals surface area (Å²) in [5.74, 6) is 0.128. The van der Waals surface area contributed by atoms with E-state index in [0.29, 0.717) is 11.5 Å². The van der Waals surface area contributed by atoms with Gasteiger partial charge in [-0.2, -0.15) is 0 Å². The Bertz CT molecular complexity index is 2180. The van der Waals surface area contributed by atoms with Gasteiger partial charge in [-0.05, 0) is 106 Å². The van der Waals surface area contributed by atoms with Crippen LogP contribution >= 0.6 is 11.3 Å². The number of hydrogen-bond donors (Lipinski definition) is 0. The summed E-state index contributed by atoms with van der Waals surface area (Å²) in [6, 6.07) is 37.5. The molecular weight excluding hydrogens is 601 g/mol. The van der Waals surface area contributed by atoms with Crippen LogP contribution in [0.2, 0.25) is 0 Å². The molecule has 0 aliphatic rings. The van der Waals surface area contributed by atoms with Crippen molar-refractivity contribution in [2.45, 2.75) is 25.7 Å². The third kappa shape index (κ3) is 6.18. The van der Waals surface area contributed by atoms with Gasteiger partial charge < -0.3 is 9.47 Å². The van der Waals surface area contributed by atoms with Crippen molar-refractivity contribution in [3.8, 4) is 11.5 Å². The average Bonchev–Trinajstić information content (AvgIpc) is 3.52. The van der Waals surface area contributed by atoms with Gasteiger partial charge in [-0.25, -0.2) is 9.59 Å². The van der Waals surface area contributed by atoms with Crippen LogP contribution in [0.25, 0.3) is 41.7 Å². The van der Waals surface area contributed by atoms with Gasteiger partial charge in [0.25, 0.3) is 0 Å². The maximum atomic E-state index is 11.8. The Morgan fingerprint density at radius 2 is 1.00 bits per heavy atom. The van der Waals surface area contributed by atoms with Crippen LogP contribution in [0.1, 0.15) is 22.3 Å². The Labute approximate surface area is 277 Å². The van der Waals surface area contributed by atoms with Gasteiger partial charge in [0.15, 0.2) is 0 Å². The van der Waals surface area contributed by atoms with Crippen LogP contribution in [-0.2, 0) is 35.3 Å². The molecule has 0 fully saturated rings. The van der Waals surface area contributed by atoms with Gasteiger partial charge in [0.1, 0.15) is 11.5 Å². The first-order valence-electron chi connectivity index (χ1n) is 15.6. The number of rotatable bonds is 10. The normalized spacial score (nSPS) is 11.2. The number of esters is 2. The number of hydrogen-bond acceptors (Lipinski definition) is 5. The Morgan fingerprint density at radius 1 is 0.553 bits per heavy atom. The third-order valence-corrected chi connectivity index (χ3v) is 9.89. The molecule has 0 radical (unpaired) electrons. The highest BCUT2D eigenvalue weighted by molar-refractivity contribution is 7.26. The smallest absolute Gasteiger partial charge is 0.335 e. The third-order valence-electron chi connectivity index (χ3n) is 8.54. The lowest BCUT2D eigenvalue weighted by molar-refractivity contribution is -0.129. The first-order valence-corrected chi connectivity index (χ1v) is 16.5. The molecule has 5 heteroatoms. The fourth-order valence-electron chi connectivity index (χ4n) is 6.38. The topological polar surface area (TPSA) is 52.6 Å². The highest BCUT2D eigenvalue weighted by atomic mass is 32.1. The van der Waals surface area contributed by atoms with Crippen molar-refractivity contribution in [1.29, 1.82) is 0 Å². The SMILES string of the molecule is C=CC(=O)Oc1cccc(CCc2cc3ccccc3c3c2sc2c(CCc4cccc(OC(=O)C=C)c4)cc4ccccc4c23)c1. The molecule has 4 nitrogen and oxygen atoms in total. The molecule has 0 unspecified atom stereocenters. The molecule has 0 saturated heterocycles. The molecule has 0 bridgehead atoms. The number of benzene rings is 6. The molecule has 47 heavy (non-hydrogen) atoms. The van der Waals surface area contributed by atoms with E-state index in [-0.39, 0.29) is 0 Å². The summed E-state index contributed by atoms with van der Waals surface area (Å²) in [6.07, 6.45) is 5.65. The zero-order chi connectivity index (χ0) is 32.3. The second kappa shape index (κ2) is 13.1. The second-order valence-corrected chi connectivity index (χ2v) is 12.6. The van der Waals surface area contributed by atoms with Crippen molar-refractivity contribution < 1.29 is 19.1 Å². The molecule has 6 aromatic carbocycles. The molecule has 0 amide bonds. The van der Waals surface area contributed by atoms with Crippen LogP contribution in [0.4, 0.5) is 0 Å². The average molecular weight is 633 g/mol. The van der Waals surface area contributed by atoms with Gasteiger partial charge in [0.05, 0.1) is 0 Å². The largest absolute Gasteiger partial charge is 0.423 e. The van der Waals surface area contributed by atoms with Crippen molar-refractivity contribution in [3.05, 3.63) is 157 Å². The summed E-state index contributed by atoms with van der Waals surface area (Å²) in [5, 5.41) is 7.59. The molecule has 0 aliphatic carbocycles. The fourth-order valence-corrected chi connectivity index (χ4v) is 7.80. The van der Waals surface area contributed by atoms with Gasteiger partial charge in [0.2, 0.25) is 0 Å².